The molecule has 0 fully saturated rings. The van der Waals surface area contributed by atoms with Crippen LogP contribution in [0.25, 0.3) is 0 Å². The maximum absolute atomic E-state index is 12.4. The molecule has 3 atom stereocenters. The number of hydrogen-bond donors (Lipinski definition) is 6. The van der Waals surface area contributed by atoms with E-state index in [0.29, 0.717) is 5.69 Å². The molecule has 0 saturated carbocycles. The lowest BCUT2D eigenvalue weighted by Crippen LogP contribution is -2.56. The second-order valence-corrected chi connectivity index (χ2v) is 6.45. The van der Waals surface area contributed by atoms with Crippen LogP contribution in [0.4, 0.5) is 0 Å². The average molecular weight is 382 g/mol. The van der Waals surface area contributed by atoms with Gasteiger partial charge in [0.1, 0.15) is 18.6 Å². The molecule has 0 aliphatic heterocycles. The lowest BCUT2D eigenvalue weighted by atomic mass is 10.0. The number of aromatic amines is 1. The fraction of sp³-hybridized carbons (Fsp3) is 0.562. The monoisotopic (exact) mass is 382 g/mol. The van der Waals surface area contributed by atoms with Crippen LogP contribution in [0, 0.1) is 5.92 Å². The molecular formula is C16H26N6O5. The van der Waals surface area contributed by atoms with Gasteiger partial charge in [-0.15, -0.1) is 0 Å². The number of nitrogens with two attached hydrogens (primary N) is 1. The number of carbonyl (C=O) groups is 4. The Hall–Kier alpha value is -2.95. The van der Waals surface area contributed by atoms with Crippen LogP contribution in [0.2, 0.25) is 0 Å². The van der Waals surface area contributed by atoms with Gasteiger partial charge in [-0.25, -0.2) is 4.98 Å². The topological polar surface area (TPSA) is 179 Å². The van der Waals surface area contributed by atoms with Crippen LogP contribution in [0.1, 0.15) is 26.5 Å². The van der Waals surface area contributed by atoms with Crippen molar-refractivity contribution in [3.8, 4) is 0 Å². The average Bonchev–Trinajstić information content (AvgIpc) is 3.10. The third-order valence-electron chi connectivity index (χ3n) is 3.80. The Morgan fingerprint density at radius 2 is 1.81 bits per heavy atom. The van der Waals surface area contributed by atoms with E-state index in [0.717, 1.165) is 0 Å². The zero-order chi connectivity index (χ0) is 20.6. The molecular weight excluding hydrogens is 356 g/mol. The lowest BCUT2D eigenvalue weighted by molar-refractivity contribution is -0.138. The van der Waals surface area contributed by atoms with Crippen molar-refractivity contribution < 1.29 is 24.3 Å². The van der Waals surface area contributed by atoms with Crippen molar-refractivity contribution >= 4 is 23.7 Å². The second kappa shape index (κ2) is 10.3. The summed E-state index contributed by atoms with van der Waals surface area (Å²) in [6.07, 6.45) is 2.97. The molecule has 11 nitrogen and oxygen atoms in total. The molecule has 3 unspecified atom stereocenters. The number of rotatable bonds is 10. The van der Waals surface area contributed by atoms with Crippen molar-refractivity contribution in [2.75, 3.05) is 6.54 Å². The third-order valence-corrected chi connectivity index (χ3v) is 3.80. The molecule has 1 heterocycles. The van der Waals surface area contributed by atoms with E-state index in [9.17, 15) is 19.2 Å². The van der Waals surface area contributed by atoms with E-state index in [2.05, 4.69) is 25.9 Å². The highest BCUT2D eigenvalue weighted by Crippen LogP contribution is 2.01. The van der Waals surface area contributed by atoms with Crippen molar-refractivity contribution in [1.29, 1.82) is 0 Å². The Morgan fingerprint density at radius 1 is 1.15 bits per heavy atom. The van der Waals surface area contributed by atoms with Gasteiger partial charge in [0.05, 0.1) is 12.4 Å². The summed E-state index contributed by atoms with van der Waals surface area (Å²) in [6.45, 7) is 4.44. The predicted octanol–water partition coefficient (Wildman–Crippen LogP) is -1.87. The number of nitrogens with one attached hydrogen (secondary N) is 4. The van der Waals surface area contributed by atoms with Gasteiger partial charge in [0, 0.05) is 18.3 Å². The van der Waals surface area contributed by atoms with Crippen molar-refractivity contribution in [2.45, 2.75) is 45.3 Å². The van der Waals surface area contributed by atoms with Gasteiger partial charge in [0.15, 0.2) is 0 Å². The number of imidazole rings is 1. The van der Waals surface area contributed by atoms with Gasteiger partial charge in [-0.2, -0.15) is 0 Å². The molecule has 1 aromatic rings. The molecule has 1 rings (SSSR count). The van der Waals surface area contributed by atoms with Crippen molar-refractivity contribution in [2.24, 2.45) is 11.7 Å². The Morgan fingerprint density at radius 3 is 2.33 bits per heavy atom. The van der Waals surface area contributed by atoms with Crippen LogP contribution >= 0.6 is 0 Å². The molecule has 0 aromatic carbocycles. The van der Waals surface area contributed by atoms with E-state index in [1.807, 2.05) is 0 Å². The highest BCUT2D eigenvalue weighted by Gasteiger charge is 2.27. The van der Waals surface area contributed by atoms with Crippen molar-refractivity contribution in [3.63, 3.8) is 0 Å². The summed E-state index contributed by atoms with van der Waals surface area (Å²) in [6, 6.07) is -2.74. The Kier molecular flexibility index (Phi) is 8.39. The first kappa shape index (κ1) is 22.1. The lowest BCUT2D eigenvalue weighted by Gasteiger charge is -2.22. The van der Waals surface area contributed by atoms with E-state index in [1.165, 1.54) is 19.4 Å². The number of carbonyl (C=O) groups excluding carboxylic acids is 3. The van der Waals surface area contributed by atoms with Gasteiger partial charge < -0.3 is 31.8 Å². The number of carboxylic acid groups (broad SMARTS) is 1. The molecule has 0 aliphatic rings. The Balaban J connectivity index is 2.74. The standard InChI is InChI=1S/C16H26N6O5/c1-8(2)13(17)16(27)21-9(3)14(25)22-11(4-10-5-18-7-20-10)15(26)19-6-12(23)24/h5,7-9,11,13H,4,6,17H2,1-3H3,(H,18,20)(H,19,26)(H,21,27)(H,22,25)(H,23,24). The number of hydrogen-bond acceptors (Lipinski definition) is 6. The van der Waals surface area contributed by atoms with Gasteiger partial charge in [0.2, 0.25) is 17.7 Å². The Bertz CT molecular complexity index is 660. The minimum absolute atomic E-state index is 0.0728. The quantitative estimate of drug-likeness (QED) is 0.274. The van der Waals surface area contributed by atoms with E-state index in [4.69, 9.17) is 10.8 Å². The number of aromatic nitrogens is 2. The first-order valence-corrected chi connectivity index (χ1v) is 8.44. The molecule has 3 amide bonds. The second-order valence-electron chi connectivity index (χ2n) is 6.45. The Labute approximate surface area is 156 Å². The molecule has 0 bridgehead atoms. The number of nitrogens with zero attached hydrogens (tertiary/aromatic N) is 1. The first-order chi connectivity index (χ1) is 12.6. The van der Waals surface area contributed by atoms with Crippen LogP contribution in [-0.4, -0.2) is 63.4 Å². The minimum atomic E-state index is -1.21. The molecule has 11 heteroatoms. The van der Waals surface area contributed by atoms with E-state index >= 15 is 0 Å². The molecule has 0 spiro atoms. The van der Waals surface area contributed by atoms with Crippen LogP contribution in [-0.2, 0) is 25.6 Å². The van der Waals surface area contributed by atoms with Crippen LogP contribution in [0.3, 0.4) is 0 Å². The summed E-state index contributed by atoms with van der Waals surface area (Å²) in [5, 5.41) is 15.9. The van der Waals surface area contributed by atoms with Gasteiger partial charge >= 0.3 is 5.97 Å². The summed E-state index contributed by atoms with van der Waals surface area (Å²) < 4.78 is 0. The van der Waals surface area contributed by atoms with Gasteiger partial charge in [-0.3, -0.25) is 19.2 Å². The SMILES string of the molecule is CC(NC(=O)C(N)C(C)C)C(=O)NC(Cc1cnc[nH]1)C(=O)NCC(=O)O. The molecule has 27 heavy (non-hydrogen) atoms. The maximum atomic E-state index is 12.4. The zero-order valence-electron chi connectivity index (χ0n) is 15.5. The zero-order valence-corrected chi connectivity index (χ0v) is 15.5. The van der Waals surface area contributed by atoms with Gasteiger partial charge in [-0.05, 0) is 12.8 Å². The molecule has 1 aromatic heterocycles. The van der Waals surface area contributed by atoms with Crippen LogP contribution in [0.5, 0.6) is 0 Å². The fourth-order valence-electron chi connectivity index (χ4n) is 2.09. The molecule has 0 saturated heterocycles. The van der Waals surface area contributed by atoms with Gasteiger partial charge in [0.25, 0.3) is 0 Å². The molecule has 150 valence electrons. The summed E-state index contributed by atoms with van der Waals surface area (Å²) >= 11 is 0. The summed E-state index contributed by atoms with van der Waals surface area (Å²) in [7, 11) is 0. The van der Waals surface area contributed by atoms with Crippen molar-refractivity contribution in [1.82, 2.24) is 25.9 Å². The van der Waals surface area contributed by atoms with E-state index in [1.54, 1.807) is 13.8 Å². The van der Waals surface area contributed by atoms with Crippen LogP contribution < -0.4 is 21.7 Å². The number of aliphatic carboxylic acids is 1. The fourth-order valence-corrected chi connectivity index (χ4v) is 2.09. The summed E-state index contributed by atoms with van der Waals surface area (Å²) in [4.78, 5) is 53.8. The van der Waals surface area contributed by atoms with E-state index in [-0.39, 0.29) is 12.3 Å². The number of amides is 3. The summed E-state index contributed by atoms with van der Waals surface area (Å²) in [5.74, 6) is -3.06. The summed E-state index contributed by atoms with van der Waals surface area (Å²) in [5.41, 5.74) is 6.32. The minimum Gasteiger partial charge on any atom is -0.480 e. The first-order valence-electron chi connectivity index (χ1n) is 8.44. The number of H-pyrrole nitrogens is 1. The maximum Gasteiger partial charge on any atom is 0.322 e. The van der Waals surface area contributed by atoms with Gasteiger partial charge in [-0.1, -0.05) is 13.8 Å². The van der Waals surface area contributed by atoms with Crippen molar-refractivity contribution in [3.05, 3.63) is 18.2 Å². The highest BCUT2D eigenvalue weighted by atomic mass is 16.4. The smallest absolute Gasteiger partial charge is 0.322 e. The molecule has 7 N–H and O–H groups in total. The third kappa shape index (κ3) is 7.44. The predicted molar refractivity (Wildman–Crippen MR) is 95.3 cm³/mol. The van der Waals surface area contributed by atoms with E-state index < -0.39 is 48.4 Å². The number of carboxylic acids is 1. The molecule has 0 radical (unpaired) electrons. The largest absolute Gasteiger partial charge is 0.480 e. The molecule has 0 aliphatic carbocycles. The normalized spacial score (nSPS) is 14.1. The van der Waals surface area contributed by atoms with Crippen LogP contribution in [0.15, 0.2) is 12.5 Å². The highest BCUT2D eigenvalue weighted by molar-refractivity contribution is 5.93.